The van der Waals surface area contributed by atoms with E-state index in [1.54, 1.807) is 0 Å². The van der Waals surface area contributed by atoms with E-state index >= 15 is 0 Å². The van der Waals surface area contributed by atoms with Gasteiger partial charge in [-0.25, -0.2) is 8.42 Å². The van der Waals surface area contributed by atoms with E-state index in [9.17, 15) is 36.5 Å². The molecule has 0 atom stereocenters. The lowest BCUT2D eigenvalue weighted by Gasteiger charge is -2.12. The number of hydrogen-bond acceptors (Lipinski definition) is 6. The quantitative estimate of drug-likeness (QED) is 0.362. The minimum atomic E-state index is -5.39. The number of alkyl halides is 3. The van der Waals surface area contributed by atoms with Crippen molar-refractivity contribution in [3.05, 3.63) is 27.8 Å². The predicted octanol–water partition coefficient (Wildman–Crippen LogP) is 2.23. The Balaban J connectivity index is 3.74. The molecule has 0 aliphatic heterocycles. The van der Waals surface area contributed by atoms with Crippen LogP contribution in [0.25, 0.3) is 0 Å². The van der Waals surface area contributed by atoms with Crippen molar-refractivity contribution in [1.29, 1.82) is 0 Å². The van der Waals surface area contributed by atoms with Gasteiger partial charge in [-0.1, -0.05) is 0 Å². The number of nitro benzene ring substituents is 1. The molecule has 0 saturated carbocycles. The van der Waals surface area contributed by atoms with Gasteiger partial charge in [0.2, 0.25) is 5.75 Å². The van der Waals surface area contributed by atoms with Crippen molar-refractivity contribution in [1.82, 2.24) is 0 Å². The second kappa shape index (κ2) is 5.25. The van der Waals surface area contributed by atoms with E-state index in [2.05, 4.69) is 4.74 Å². The van der Waals surface area contributed by atoms with E-state index in [1.807, 2.05) is 0 Å². The van der Waals surface area contributed by atoms with Crippen molar-refractivity contribution < 1.29 is 36.0 Å². The Bertz CT molecular complexity index is 672. The highest BCUT2D eigenvalue weighted by atomic mass is 35.7. The Morgan fingerprint density at radius 2 is 1.90 bits per heavy atom. The van der Waals surface area contributed by atoms with Crippen molar-refractivity contribution in [2.45, 2.75) is 11.3 Å². The summed E-state index contributed by atoms with van der Waals surface area (Å²) in [7, 11) is 0.0739. The summed E-state index contributed by atoms with van der Waals surface area (Å²) in [6.45, 7) is 0. The Kier molecular flexibility index (Phi) is 4.24. The molecule has 0 spiro atoms. The van der Waals surface area contributed by atoms with Crippen molar-refractivity contribution in [2.24, 2.45) is 0 Å². The van der Waals surface area contributed by atoms with Gasteiger partial charge < -0.3 is 4.74 Å². The summed E-state index contributed by atoms with van der Waals surface area (Å²) in [5.74, 6) is -1.61. The lowest BCUT2D eigenvalue weighted by molar-refractivity contribution is -0.389. The molecule has 0 saturated heterocycles. The first-order chi connectivity index (χ1) is 8.95. The molecular weight excluding hydrogens is 331 g/mol. The van der Waals surface area contributed by atoms with Gasteiger partial charge in [-0.3, -0.25) is 14.9 Å². The zero-order chi connectivity index (χ0) is 15.7. The summed E-state index contributed by atoms with van der Waals surface area (Å²) < 4.78 is 62.2. The van der Waals surface area contributed by atoms with Gasteiger partial charge in [-0.2, -0.15) is 0 Å². The van der Waals surface area contributed by atoms with E-state index in [4.69, 9.17) is 10.7 Å². The molecule has 0 N–H and O–H groups in total. The number of carbonyl (C=O) groups is 1. The number of halogens is 4. The lowest BCUT2D eigenvalue weighted by atomic mass is 10.2. The summed E-state index contributed by atoms with van der Waals surface area (Å²) in [6, 6.07) is 0.864. The molecule has 7 nitrogen and oxygen atoms in total. The number of nitro groups is 1. The second-order valence-electron chi connectivity index (χ2n) is 3.23. The first-order valence-electron chi connectivity index (χ1n) is 4.43. The smallest absolute Gasteiger partial charge is 0.397 e. The van der Waals surface area contributed by atoms with E-state index in [1.165, 1.54) is 0 Å². The molecule has 110 valence electrons. The van der Waals surface area contributed by atoms with E-state index in [-0.39, 0.29) is 6.29 Å². The summed E-state index contributed by atoms with van der Waals surface area (Å²) >= 11 is 0. The van der Waals surface area contributed by atoms with Gasteiger partial charge in [-0.05, 0) is 6.07 Å². The van der Waals surface area contributed by atoms with Crippen LogP contribution in [0.2, 0.25) is 0 Å². The van der Waals surface area contributed by atoms with Gasteiger partial charge >= 0.3 is 12.0 Å². The zero-order valence-corrected chi connectivity index (χ0v) is 10.6. The van der Waals surface area contributed by atoms with Gasteiger partial charge in [0, 0.05) is 22.3 Å². The van der Waals surface area contributed by atoms with Crippen LogP contribution in [0.1, 0.15) is 10.4 Å². The monoisotopic (exact) mass is 333 g/mol. The molecule has 1 aromatic carbocycles. The predicted molar refractivity (Wildman–Crippen MR) is 58.2 cm³/mol. The third-order valence-electron chi connectivity index (χ3n) is 1.87. The largest absolute Gasteiger partial charge is 0.573 e. The molecule has 20 heavy (non-hydrogen) atoms. The summed E-state index contributed by atoms with van der Waals surface area (Å²) in [4.78, 5) is 18.5. The maximum Gasteiger partial charge on any atom is 0.573 e. The van der Waals surface area contributed by atoms with Crippen LogP contribution in [0, 0.1) is 10.1 Å². The molecule has 0 bridgehead atoms. The molecule has 0 aliphatic carbocycles. The average Bonchev–Trinajstić information content (AvgIpc) is 2.25. The lowest BCUT2D eigenvalue weighted by Crippen LogP contribution is -2.19. The number of nitrogens with zero attached hydrogens (tertiary/aromatic N) is 1. The highest BCUT2D eigenvalue weighted by molar-refractivity contribution is 8.13. The number of aldehydes is 1. The molecule has 12 heteroatoms. The third kappa shape index (κ3) is 3.81. The Hall–Kier alpha value is -1.88. The number of ether oxygens (including phenoxy) is 1. The molecule has 0 heterocycles. The van der Waals surface area contributed by atoms with Crippen molar-refractivity contribution in [3.63, 3.8) is 0 Å². The van der Waals surface area contributed by atoms with Crippen LogP contribution < -0.4 is 4.74 Å². The van der Waals surface area contributed by atoms with Crippen LogP contribution in [0.15, 0.2) is 17.0 Å². The molecular formula is C8H3ClF3NO6S. The second-order valence-corrected chi connectivity index (χ2v) is 5.76. The maximum absolute atomic E-state index is 12.2. The highest BCUT2D eigenvalue weighted by Gasteiger charge is 2.38. The third-order valence-corrected chi connectivity index (χ3v) is 3.20. The van der Waals surface area contributed by atoms with Crippen molar-refractivity contribution in [3.8, 4) is 5.75 Å². The van der Waals surface area contributed by atoms with Gasteiger partial charge in [0.05, 0.1) is 4.92 Å². The minimum absolute atomic E-state index is 0.00986. The van der Waals surface area contributed by atoms with Gasteiger partial charge in [0.1, 0.15) is 11.2 Å². The molecule has 1 aromatic rings. The number of hydrogen-bond donors (Lipinski definition) is 0. The SMILES string of the molecule is O=Cc1cc([N+](=O)[O-])c(OC(F)(F)F)c(S(=O)(=O)Cl)c1. The first kappa shape index (κ1) is 16.2. The van der Waals surface area contributed by atoms with E-state index in [0.717, 1.165) is 0 Å². The first-order valence-corrected chi connectivity index (χ1v) is 6.74. The standard InChI is InChI=1S/C8H3ClF3NO6S/c9-20(17,18)6-2-4(3-14)1-5(13(15)16)7(6)19-8(10,11)12/h1-3H. The Labute approximate surface area is 113 Å². The molecule has 0 aliphatic rings. The highest BCUT2D eigenvalue weighted by Crippen LogP contribution is 2.39. The molecule has 0 unspecified atom stereocenters. The minimum Gasteiger partial charge on any atom is -0.397 e. The zero-order valence-electron chi connectivity index (χ0n) is 9.05. The number of carbonyl (C=O) groups excluding carboxylic acids is 1. The van der Waals surface area contributed by atoms with Crippen molar-refractivity contribution in [2.75, 3.05) is 0 Å². The topological polar surface area (TPSA) is 104 Å². The molecule has 0 radical (unpaired) electrons. The van der Waals surface area contributed by atoms with Gasteiger partial charge in [-0.15, -0.1) is 13.2 Å². The molecule has 0 fully saturated rings. The van der Waals surface area contributed by atoms with Crippen LogP contribution in [0.5, 0.6) is 5.75 Å². The van der Waals surface area contributed by atoms with Crippen LogP contribution in [0.3, 0.4) is 0 Å². The van der Waals surface area contributed by atoms with E-state index in [0.29, 0.717) is 12.1 Å². The molecule has 0 amide bonds. The van der Waals surface area contributed by atoms with Crippen LogP contribution in [0.4, 0.5) is 18.9 Å². The van der Waals surface area contributed by atoms with Crippen LogP contribution in [-0.4, -0.2) is 26.0 Å². The van der Waals surface area contributed by atoms with Crippen LogP contribution in [-0.2, 0) is 9.05 Å². The number of rotatable bonds is 4. The van der Waals surface area contributed by atoms with E-state index < -0.39 is 42.2 Å². The summed E-state index contributed by atoms with van der Waals surface area (Å²) in [5.41, 5.74) is -1.91. The number of benzene rings is 1. The maximum atomic E-state index is 12.2. The van der Waals surface area contributed by atoms with Gasteiger partial charge in [0.15, 0.2) is 0 Å². The summed E-state index contributed by atoms with van der Waals surface area (Å²) in [6.07, 6.45) is -5.38. The fourth-order valence-electron chi connectivity index (χ4n) is 1.21. The normalized spacial score (nSPS) is 12.0. The summed E-state index contributed by atoms with van der Waals surface area (Å²) in [5, 5.41) is 10.7. The molecule has 1 rings (SSSR count). The van der Waals surface area contributed by atoms with Gasteiger partial charge in [0.25, 0.3) is 9.05 Å². The molecule has 0 aromatic heterocycles. The average molecular weight is 334 g/mol. The van der Waals surface area contributed by atoms with Crippen LogP contribution >= 0.6 is 10.7 Å². The fraction of sp³-hybridized carbons (Fsp3) is 0.125. The fourth-order valence-corrected chi connectivity index (χ4v) is 2.20. The Morgan fingerprint density at radius 3 is 2.25 bits per heavy atom. The Morgan fingerprint density at radius 1 is 1.35 bits per heavy atom. The van der Waals surface area contributed by atoms with Crippen molar-refractivity contribution >= 4 is 31.7 Å².